The van der Waals surface area contributed by atoms with Gasteiger partial charge in [0.05, 0.1) is 22.3 Å². The Balaban J connectivity index is 1.72. The molecule has 49 heavy (non-hydrogen) atoms. The van der Waals surface area contributed by atoms with Crippen LogP contribution in [0.2, 0.25) is 0 Å². The molecule has 0 aromatic heterocycles. The minimum atomic E-state index is -5.27. The average molecular weight is 747 g/mol. The second-order valence-electron chi connectivity index (χ2n) is 13.1. The van der Waals surface area contributed by atoms with Gasteiger partial charge in [-0.25, -0.2) is 0 Å². The molecule has 0 heterocycles. The fourth-order valence-corrected chi connectivity index (χ4v) is 15.0. The molecule has 3 aliphatic rings. The molecule has 0 amide bonds. The summed E-state index contributed by atoms with van der Waals surface area (Å²) in [7, 11) is -3.46. The van der Waals surface area contributed by atoms with Gasteiger partial charge in [-0.2, -0.15) is 52.7 Å². The van der Waals surface area contributed by atoms with Crippen LogP contribution in [0.15, 0.2) is 60.2 Å². The van der Waals surface area contributed by atoms with Gasteiger partial charge in [0.25, 0.3) is 0 Å². The number of hydrogen-bond acceptors (Lipinski definition) is 0. The molecule has 2 aromatic rings. The smallest absolute Gasteiger partial charge is 0.166 e. The van der Waals surface area contributed by atoms with E-state index in [0.29, 0.717) is 41.2 Å². The van der Waals surface area contributed by atoms with Crippen molar-refractivity contribution in [3.05, 3.63) is 82.5 Å². The van der Waals surface area contributed by atoms with E-state index < -0.39 is 79.1 Å². The summed E-state index contributed by atoms with van der Waals surface area (Å²) in [5.41, 5.74) is -6.56. The highest BCUT2D eigenvalue weighted by Gasteiger charge is 2.44. The first kappa shape index (κ1) is 38.2. The third-order valence-electron chi connectivity index (χ3n) is 9.83. The van der Waals surface area contributed by atoms with Gasteiger partial charge in [-0.15, -0.1) is 0 Å². The van der Waals surface area contributed by atoms with Gasteiger partial charge in [0.2, 0.25) is 0 Å². The maximum Gasteiger partial charge on any atom is 0.416 e. The molecular formula is C35H36F12P2. The van der Waals surface area contributed by atoms with E-state index in [1.807, 2.05) is 6.92 Å². The van der Waals surface area contributed by atoms with Gasteiger partial charge < -0.3 is 0 Å². The molecule has 270 valence electrons. The Morgan fingerprint density at radius 1 is 0.531 bits per heavy atom. The number of rotatable bonds is 7. The third-order valence-corrected chi connectivity index (χ3v) is 16.4. The van der Waals surface area contributed by atoms with Crippen molar-refractivity contribution in [2.75, 3.05) is 0 Å². The van der Waals surface area contributed by atoms with Crippen LogP contribution in [-0.4, -0.2) is 22.6 Å². The highest BCUT2D eigenvalue weighted by molar-refractivity contribution is 7.74. The van der Waals surface area contributed by atoms with Crippen LogP contribution >= 0.6 is 15.8 Å². The maximum atomic E-state index is 14.1. The SMILES string of the molecule is CC(C1=CC=C[C@H]1P(c1cc(C(F)(F)F)cc(C(F)(F)F)c1)c1cc(C(F)(F)F)cc(C(F)(F)F)c1)P(C1CCCCC1)C1CCCCC1. The van der Waals surface area contributed by atoms with E-state index in [-0.39, 0.29) is 17.8 Å². The Bertz CT molecular complexity index is 1360. The van der Waals surface area contributed by atoms with Crippen LogP contribution in [0.3, 0.4) is 0 Å². The Morgan fingerprint density at radius 3 is 1.20 bits per heavy atom. The first-order valence-corrected chi connectivity index (χ1v) is 19.2. The van der Waals surface area contributed by atoms with E-state index >= 15 is 0 Å². The first-order chi connectivity index (χ1) is 22.7. The summed E-state index contributed by atoms with van der Waals surface area (Å²) < 4.78 is 169. The minimum Gasteiger partial charge on any atom is -0.166 e. The molecule has 2 atom stereocenters. The molecule has 1 unspecified atom stereocenters. The van der Waals surface area contributed by atoms with Crippen LogP contribution in [0, 0.1) is 0 Å². The molecule has 0 spiro atoms. The van der Waals surface area contributed by atoms with Gasteiger partial charge in [-0.05, 0) is 97.6 Å². The lowest BCUT2D eigenvalue weighted by Crippen LogP contribution is -2.31. The molecule has 3 aliphatic carbocycles. The normalized spacial score (nSPS) is 21.1. The zero-order chi connectivity index (χ0) is 35.9. The van der Waals surface area contributed by atoms with E-state index in [4.69, 9.17) is 0 Å². The van der Waals surface area contributed by atoms with E-state index in [1.54, 1.807) is 12.2 Å². The lowest BCUT2D eigenvalue weighted by atomic mass is 9.99. The third kappa shape index (κ3) is 8.88. The second-order valence-corrected chi connectivity index (χ2v) is 18.6. The molecule has 2 fully saturated rings. The summed E-state index contributed by atoms with van der Waals surface area (Å²) in [6.07, 6.45) is -6.00. The van der Waals surface area contributed by atoms with Gasteiger partial charge in [0.15, 0.2) is 0 Å². The van der Waals surface area contributed by atoms with Crippen LogP contribution in [0.5, 0.6) is 0 Å². The quantitative estimate of drug-likeness (QED) is 0.196. The number of benzene rings is 2. The highest BCUT2D eigenvalue weighted by atomic mass is 31.1. The predicted molar refractivity (Wildman–Crippen MR) is 170 cm³/mol. The summed E-state index contributed by atoms with van der Waals surface area (Å²) in [4.78, 5) is 0. The Kier molecular flexibility index (Phi) is 11.3. The summed E-state index contributed by atoms with van der Waals surface area (Å²) in [6.45, 7) is 1.98. The van der Waals surface area contributed by atoms with Crippen molar-refractivity contribution in [3.63, 3.8) is 0 Å². The Morgan fingerprint density at radius 2 is 0.878 bits per heavy atom. The molecule has 0 N–H and O–H groups in total. The van der Waals surface area contributed by atoms with Gasteiger partial charge >= 0.3 is 24.7 Å². The lowest BCUT2D eigenvalue weighted by molar-refractivity contribution is -0.144. The van der Waals surface area contributed by atoms with Gasteiger partial charge in [-0.1, -0.05) is 77.2 Å². The molecule has 14 heteroatoms. The molecule has 2 saturated carbocycles. The van der Waals surface area contributed by atoms with Crippen molar-refractivity contribution < 1.29 is 52.7 Å². The van der Waals surface area contributed by atoms with Gasteiger partial charge in [0.1, 0.15) is 0 Å². The zero-order valence-electron chi connectivity index (χ0n) is 26.5. The molecule has 0 bridgehead atoms. The number of allylic oxidation sites excluding steroid dienone is 4. The van der Waals surface area contributed by atoms with Crippen LogP contribution < -0.4 is 10.6 Å². The fourth-order valence-electron chi connectivity index (χ4n) is 7.59. The number of halogens is 12. The molecule has 0 saturated heterocycles. The van der Waals surface area contributed by atoms with Crippen molar-refractivity contribution in [1.29, 1.82) is 0 Å². The maximum absolute atomic E-state index is 14.1. The first-order valence-electron chi connectivity index (χ1n) is 16.3. The Labute approximate surface area is 279 Å². The average Bonchev–Trinajstić information content (AvgIpc) is 3.50. The molecular weight excluding hydrogens is 710 g/mol. The summed E-state index contributed by atoms with van der Waals surface area (Å²) in [5.74, 6) is 0. The van der Waals surface area contributed by atoms with E-state index in [1.165, 1.54) is 6.08 Å². The zero-order valence-corrected chi connectivity index (χ0v) is 28.3. The van der Waals surface area contributed by atoms with Crippen LogP contribution in [0.1, 0.15) is 93.4 Å². The molecule has 0 radical (unpaired) electrons. The van der Waals surface area contributed by atoms with E-state index in [0.717, 1.165) is 64.2 Å². The number of alkyl halides is 12. The van der Waals surface area contributed by atoms with Crippen LogP contribution in [0.25, 0.3) is 0 Å². The highest BCUT2D eigenvalue weighted by Crippen LogP contribution is 2.63. The number of hydrogen-bond donors (Lipinski definition) is 0. The molecule has 5 rings (SSSR count). The van der Waals surface area contributed by atoms with E-state index in [9.17, 15) is 52.7 Å². The molecule has 2 aromatic carbocycles. The van der Waals surface area contributed by atoms with Crippen molar-refractivity contribution in [2.24, 2.45) is 0 Å². The standard InChI is InChI=1S/C35H36F12P2/c1-21(48(26-9-4-2-5-10-26)27-11-6-3-7-12-27)30-13-8-14-31(30)49(28-17-22(32(36,37)38)15-23(18-28)33(39,40)41)29-19-24(34(42,43)44)16-25(20-29)35(45,46)47/h8,13-21,26-27,31H,2-7,9-12H2,1H3/t21?,31-/m1/s1. The van der Waals surface area contributed by atoms with Crippen molar-refractivity contribution in [2.45, 2.75) is 118 Å². The lowest BCUT2D eigenvalue weighted by Gasteiger charge is -2.44. The summed E-state index contributed by atoms with van der Waals surface area (Å²) in [6, 6.07) is 1.64. The summed E-state index contributed by atoms with van der Waals surface area (Å²) >= 11 is 0. The van der Waals surface area contributed by atoms with Crippen LogP contribution in [-0.2, 0) is 24.7 Å². The van der Waals surface area contributed by atoms with E-state index in [2.05, 4.69) is 0 Å². The second kappa shape index (κ2) is 14.5. The Hall–Kier alpha value is -2.06. The monoisotopic (exact) mass is 746 g/mol. The molecule has 0 nitrogen and oxygen atoms in total. The van der Waals surface area contributed by atoms with Crippen LogP contribution in [0.4, 0.5) is 52.7 Å². The molecule has 0 aliphatic heterocycles. The minimum absolute atomic E-state index is 0.0838. The van der Waals surface area contributed by atoms with Gasteiger partial charge in [-0.3, -0.25) is 0 Å². The van der Waals surface area contributed by atoms with Crippen molar-refractivity contribution in [1.82, 2.24) is 0 Å². The fraction of sp³-hybridized carbons (Fsp3) is 0.543. The predicted octanol–water partition coefficient (Wildman–Crippen LogP) is 12.6. The van der Waals surface area contributed by atoms with Crippen molar-refractivity contribution in [3.8, 4) is 0 Å². The largest absolute Gasteiger partial charge is 0.416 e. The summed E-state index contributed by atoms with van der Waals surface area (Å²) in [5, 5.41) is -1.20. The van der Waals surface area contributed by atoms with Crippen molar-refractivity contribution >= 4 is 26.5 Å². The van der Waals surface area contributed by atoms with Gasteiger partial charge in [0, 0.05) is 5.66 Å². The topological polar surface area (TPSA) is 0 Å².